The number of anilines is 3. The Bertz CT molecular complexity index is 849. The van der Waals surface area contributed by atoms with Crippen LogP contribution in [0.15, 0.2) is 83.3 Å². The molecule has 3 aromatic rings. The quantitative estimate of drug-likeness (QED) is 0.555. The Balaban J connectivity index is 1.56. The molecule has 0 aliphatic rings. The second-order valence-electron chi connectivity index (χ2n) is 5.77. The number of amides is 1. The number of hydrogen-bond donors (Lipinski definition) is 2. The first kappa shape index (κ1) is 18.0. The number of hydrogen-bond acceptors (Lipinski definition) is 3. The van der Waals surface area contributed by atoms with E-state index in [0.717, 1.165) is 21.5 Å². The number of rotatable bonds is 6. The van der Waals surface area contributed by atoms with Crippen molar-refractivity contribution >= 4 is 38.9 Å². The number of benzene rings is 3. The molecule has 0 saturated heterocycles. The highest BCUT2D eigenvalue weighted by Gasteiger charge is 2.14. The standard InChI is InChI=1S/C21H19BrN2O2/c1-15(26-20-13-7-16(22)8-14-20)21(25)24-19-11-9-18(10-12-19)23-17-5-3-2-4-6-17/h2-15,23H,1H3,(H,24,25)/t15-/m0/s1. The fraction of sp³-hybridized carbons (Fsp3) is 0.0952. The number of halogens is 1. The molecule has 3 aromatic carbocycles. The average Bonchev–Trinajstić information content (AvgIpc) is 2.66. The van der Waals surface area contributed by atoms with Crippen LogP contribution in [0.3, 0.4) is 0 Å². The predicted octanol–water partition coefficient (Wildman–Crippen LogP) is 5.60. The molecule has 0 spiro atoms. The molecule has 0 saturated carbocycles. The van der Waals surface area contributed by atoms with E-state index in [1.807, 2.05) is 78.9 Å². The number of carbonyl (C=O) groups excluding carboxylic acids is 1. The zero-order chi connectivity index (χ0) is 18.4. The van der Waals surface area contributed by atoms with Crippen LogP contribution in [0, 0.1) is 0 Å². The molecule has 132 valence electrons. The molecule has 5 heteroatoms. The van der Waals surface area contributed by atoms with Crippen LogP contribution in [-0.2, 0) is 4.79 Å². The third kappa shape index (κ3) is 5.10. The van der Waals surface area contributed by atoms with Crippen molar-refractivity contribution in [3.8, 4) is 5.75 Å². The van der Waals surface area contributed by atoms with Crippen molar-refractivity contribution in [3.63, 3.8) is 0 Å². The highest BCUT2D eigenvalue weighted by Crippen LogP contribution is 2.20. The average molecular weight is 411 g/mol. The van der Waals surface area contributed by atoms with E-state index < -0.39 is 6.10 Å². The highest BCUT2D eigenvalue weighted by atomic mass is 79.9. The highest BCUT2D eigenvalue weighted by molar-refractivity contribution is 9.10. The predicted molar refractivity (Wildman–Crippen MR) is 109 cm³/mol. The summed E-state index contributed by atoms with van der Waals surface area (Å²) < 4.78 is 6.62. The fourth-order valence-corrected chi connectivity index (χ4v) is 2.60. The summed E-state index contributed by atoms with van der Waals surface area (Å²) in [7, 11) is 0. The third-order valence-corrected chi connectivity index (χ3v) is 4.24. The summed E-state index contributed by atoms with van der Waals surface area (Å²) in [6.45, 7) is 1.72. The second kappa shape index (κ2) is 8.54. The van der Waals surface area contributed by atoms with Gasteiger partial charge < -0.3 is 15.4 Å². The van der Waals surface area contributed by atoms with Gasteiger partial charge >= 0.3 is 0 Å². The second-order valence-corrected chi connectivity index (χ2v) is 6.69. The molecule has 1 atom stereocenters. The first-order valence-corrected chi connectivity index (χ1v) is 9.05. The Hall–Kier alpha value is -2.79. The van der Waals surface area contributed by atoms with Crippen LogP contribution in [0.5, 0.6) is 5.75 Å². The van der Waals surface area contributed by atoms with Gasteiger partial charge in [0.25, 0.3) is 5.91 Å². The lowest BCUT2D eigenvalue weighted by molar-refractivity contribution is -0.122. The normalized spacial score (nSPS) is 11.5. The zero-order valence-electron chi connectivity index (χ0n) is 14.3. The maximum Gasteiger partial charge on any atom is 0.265 e. The van der Waals surface area contributed by atoms with E-state index in [1.165, 1.54) is 0 Å². The fourth-order valence-electron chi connectivity index (χ4n) is 2.34. The van der Waals surface area contributed by atoms with E-state index in [-0.39, 0.29) is 5.91 Å². The number of para-hydroxylation sites is 1. The molecule has 0 heterocycles. The molecule has 3 rings (SSSR count). The molecular weight excluding hydrogens is 392 g/mol. The van der Waals surface area contributed by atoms with Gasteiger partial charge in [-0.15, -0.1) is 0 Å². The number of ether oxygens (including phenoxy) is 1. The van der Waals surface area contributed by atoms with E-state index >= 15 is 0 Å². The van der Waals surface area contributed by atoms with Crippen molar-refractivity contribution in [2.24, 2.45) is 0 Å². The van der Waals surface area contributed by atoms with Crippen molar-refractivity contribution in [2.45, 2.75) is 13.0 Å². The van der Waals surface area contributed by atoms with Crippen LogP contribution in [-0.4, -0.2) is 12.0 Å². The Kier molecular flexibility index (Phi) is 5.92. The first-order chi connectivity index (χ1) is 12.6. The van der Waals surface area contributed by atoms with E-state index in [9.17, 15) is 4.79 Å². The number of carbonyl (C=O) groups is 1. The van der Waals surface area contributed by atoms with Crippen LogP contribution in [0.1, 0.15) is 6.92 Å². The summed E-state index contributed by atoms with van der Waals surface area (Å²) in [5.74, 6) is 0.454. The molecule has 2 N–H and O–H groups in total. The minimum atomic E-state index is -0.599. The van der Waals surface area contributed by atoms with Crippen molar-refractivity contribution in [2.75, 3.05) is 10.6 Å². The Morgan fingerprint density at radius 1 is 0.846 bits per heavy atom. The third-order valence-electron chi connectivity index (χ3n) is 3.71. The monoisotopic (exact) mass is 410 g/mol. The van der Waals surface area contributed by atoms with Crippen molar-refractivity contribution < 1.29 is 9.53 Å². The molecular formula is C21H19BrN2O2. The van der Waals surface area contributed by atoms with Crippen molar-refractivity contribution in [1.82, 2.24) is 0 Å². The summed E-state index contributed by atoms with van der Waals surface area (Å²) in [5, 5.41) is 6.17. The number of nitrogens with one attached hydrogen (secondary N) is 2. The smallest absolute Gasteiger partial charge is 0.265 e. The summed E-state index contributed by atoms with van der Waals surface area (Å²) in [6, 6.07) is 24.9. The van der Waals surface area contributed by atoms with Gasteiger partial charge in [0.2, 0.25) is 0 Å². The van der Waals surface area contributed by atoms with Gasteiger partial charge in [-0.25, -0.2) is 0 Å². The van der Waals surface area contributed by atoms with E-state index in [0.29, 0.717) is 5.75 Å². The van der Waals surface area contributed by atoms with Crippen LogP contribution in [0.25, 0.3) is 0 Å². The Morgan fingerprint density at radius 2 is 1.42 bits per heavy atom. The van der Waals surface area contributed by atoms with Gasteiger partial charge in [0, 0.05) is 21.5 Å². The Morgan fingerprint density at radius 3 is 2.08 bits per heavy atom. The molecule has 26 heavy (non-hydrogen) atoms. The summed E-state index contributed by atoms with van der Waals surface area (Å²) in [4.78, 5) is 12.3. The maximum absolute atomic E-state index is 12.3. The van der Waals surface area contributed by atoms with Gasteiger partial charge in [-0.2, -0.15) is 0 Å². The Labute approximate surface area is 161 Å². The SMILES string of the molecule is C[C@H](Oc1ccc(Br)cc1)C(=O)Nc1ccc(Nc2ccccc2)cc1. The van der Waals surface area contributed by atoms with E-state index in [2.05, 4.69) is 26.6 Å². The van der Waals surface area contributed by atoms with Crippen molar-refractivity contribution in [3.05, 3.63) is 83.3 Å². The molecule has 0 fully saturated rings. The van der Waals surface area contributed by atoms with Crippen LogP contribution in [0.2, 0.25) is 0 Å². The lowest BCUT2D eigenvalue weighted by Gasteiger charge is -2.15. The maximum atomic E-state index is 12.3. The van der Waals surface area contributed by atoms with Gasteiger partial charge in [0.15, 0.2) is 6.10 Å². The summed E-state index contributed by atoms with van der Waals surface area (Å²) in [5.41, 5.74) is 2.69. The van der Waals surface area contributed by atoms with Crippen LogP contribution in [0.4, 0.5) is 17.1 Å². The van der Waals surface area contributed by atoms with Gasteiger partial charge in [0.1, 0.15) is 5.75 Å². The topological polar surface area (TPSA) is 50.4 Å². The summed E-state index contributed by atoms with van der Waals surface area (Å²) >= 11 is 3.37. The lowest BCUT2D eigenvalue weighted by atomic mass is 10.2. The van der Waals surface area contributed by atoms with Crippen LogP contribution < -0.4 is 15.4 Å². The van der Waals surface area contributed by atoms with Gasteiger partial charge in [-0.3, -0.25) is 4.79 Å². The van der Waals surface area contributed by atoms with Crippen LogP contribution >= 0.6 is 15.9 Å². The molecule has 0 unspecified atom stereocenters. The molecule has 4 nitrogen and oxygen atoms in total. The largest absolute Gasteiger partial charge is 0.481 e. The minimum absolute atomic E-state index is 0.198. The van der Waals surface area contributed by atoms with Gasteiger partial charge in [0.05, 0.1) is 0 Å². The van der Waals surface area contributed by atoms with Gasteiger partial charge in [-0.05, 0) is 67.6 Å². The van der Waals surface area contributed by atoms with Gasteiger partial charge in [-0.1, -0.05) is 34.1 Å². The molecule has 1 amide bonds. The molecule has 0 aromatic heterocycles. The molecule has 0 aliphatic heterocycles. The first-order valence-electron chi connectivity index (χ1n) is 8.25. The van der Waals surface area contributed by atoms with E-state index in [4.69, 9.17) is 4.74 Å². The lowest BCUT2D eigenvalue weighted by Crippen LogP contribution is -2.30. The summed E-state index contributed by atoms with van der Waals surface area (Å²) in [6.07, 6.45) is -0.599. The minimum Gasteiger partial charge on any atom is -0.481 e. The molecule has 0 bridgehead atoms. The molecule has 0 radical (unpaired) electrons. The van der Waals surface area contributed by atoms with E-state index in [1.54, 1.807) is 6.92 Å². The van der Waals surface area contributed by atoms with Crippen molar-refractivity contribution in [1.29, 1.82) is 0 Å². The molecule has 0 aliphatic carbocycles. The zero-order valence-corrected chi connectivity index (χ0v) is 15.9.